The van der Waals surface area contributed by atoms with Gasteiger partial charge in [0.2, 0.25) is 0 Å². The van der Waals surface area contributed by atoms with Crippen LogP contribution in [0, 0.1) is 0 Å². The molecule has 0 aliphatic carbocycles. The van der Waals surface area contributed by atoms with Crippen LogP contribution in [0.5, 0.6) is 0 Å². The third-order valence-corrected chi connectivity index (χ3v) is 8.24. The van der Waals surface area contributed by atoms with Crippen LogP contribution in [0.2, 0.25) is 0 Å². The van der Waals surface area contributed by atoms with E-state index in [-0.39, 0.29) is 18.3 Å². The van der Waals surface area contributed by atoms with Crippen LogP contribution in [0.25, 0.3) is 0 Å². The van der Waals surface area contributed by atoms with Gasteiger partial charge in [0, 0.05) is 0 Å². The predicted molar refractivity (Wildman–Crippen MR) is 155 cm³/mol. The summed E-state index contributed by atoms with van der Waals surface area (Å²) in [7, 11) is -0.254. The molecule has 0 atom stereocenters. The largest absolute Gasteiger partial charge is 0.494 e. The molecule has 35 heavy (non-hydrogen) atoms. The van der Waals surface area contributed by atoms with E-state index in [0.29, 0.717) is 0 Å². The van der Waals surface area contributed by atoms with E-state index in [4.69, 9.17) is 9.31 Å². The SMILES string of the molecule is CCCCCCCCCCc1cc(CCCCCCCCCC)cc(B2OC(C)(C)C(C)(C)O2)c1. The molecule has 0 amide bonds. The number of unbranched alkanes of at least 4 members (excludes halogenated alkanes) is 14. The fourth-order valence-corrected chi connectivity index (χ4v) is 5.12. The first-order chi connectivity index (χ1) is 16.8. The minimum absolute atomic E-state index is 0.254. The molecule has 1 aliphatic heterocycles. The van der Waals surface area contributed by atoms with Crippen LogP contribution in [0.15, 0.2) is 18.2 Å². The molecule has 0 N–H and O–H groups in total. The Labute approximate surface area is 219 Å². The summed E-state index contributed by atoms with van der Waals surface area (Å²) >= 11 is 0. The second kappa shape index (κ2) is 16.1. The minimum atomic E-state index is -0.288. The second-order valence-corrected chi connectivity index (χ2v) is 12.1. The highest BCUT2D eigenvalue weighted by atomic mass is 16.7. The van der Waals surface area contributed by atoms with Gasteiger partial charge in [-0.15, -0.1) is 0 Å². The highest BCUT2D eigenvalue weighted by Gasteiger charge is 2.51. The first-order valence-electron chi connectivity index (χ1n) is 15.3. The first kappa shape index (κ1) is 30.4. The van der Waals surface area contributed by atoms with E-state index >= 15 is 0 Å². The van der Waals surface area contributed by atoms with Crippen LogP contribution in [-0.2, 0) is 22.2 Å². The summed E-state index contributed by atoms with van der Waals surface area (Å²) in [5.41, 5.74) is 3.58. The number of aryl methyl sites for hydroxylation is 2. The fraction of sp³-hybridized carbons (Fsp3) is 0.812. The van der Waals surface area contributed by atoms with Crippen LogP contribution >= 0.6 is 0 Å². The third-order valence-electron chi connectivity index (χ3n) is 8.24. The Morgan fingerprint density at radius 1 is 0.514 bits per heavy atom. The molecular formula is C32H57BO2. The molecule has 1 fully saturated rings. The van der Waals surface area contributed by atoms with Gasteiger partial charge in [0.05, 0.1) is 11.2 Å². The molecule has 0 saturated carbocycles. The highest BCUT2D eigenvalue weighted by Crippen LogP contribution is 2.36. The molecule has 3 heteroatoms. The summed E-state index contributed by atoms with van der Waals surface area (Å²) in [5.74, 6) is 0. The van der Waals surface area contributed by atoms with Crippen molar-refractivity contribution in [3.63, 3.8) is 0 Å². The molecule has 0 bridgehead atoms. The van der Waals surface area contributed by atoms with E-state index in [9.17, 15) is 0 Å². The van der Waals surface area contributed by atoms with Gasteiger partial charge in [0.25, 0.3) is 0 Å². The Bertz CT molecular complexity index is 643. The molecule has 1 aliphatic rings. The van der Waals surface area contributed by atoms with Crippen molar-refractivity contribution < 1.29 is 9.31 Å². The monoisotopic (exact) mass is 484 g/mol. The van der Waals surface area contributed by atoms with Crippen molar-refractivity contribution in [3.05, 3.63) is 29.3 Å². The Hall–Kier alpha value is -0.795. The summed E-state index contributed by atoms with van der Waals surface area (Å²) in [4.78, 5) is 0. The van der Waals surface area contributed by atoms with E-state index < -0.39 is 0 Å². The van der Waals surface area contributed by atoms with Crippen LogP contribution in [0.4, 0.5) is 0 Å². The summed E-state index contributed by atoms with van der Waals surface area (Å²) < 4.78 is 12.8. The van der Waals surface area contributed by atoms with E-state index in [1.54, 1.807) is 0 Å². The van der Waals surface area contributed by atoms with Gasteiger partial charge in [-0.3, -0.25) is 0 Å². The molecular weight excluding hydrogens is 427 g/mol. The van der Waals surface area contributed by atoms with Crippen molar-refractivity contribution >= 4 is 12.6 Å². The molecule has 0 radical (unpaired) electrons. The molecule has 1 saturated heterocycles. The molecule has 0 unspecified atom stereocenters. The zero-order chi connectivity index (χ0) is 25.6. The number of benzene rings is 1. The normalized spacial score (nSPS) is 16.8. The van der Waals surface area contributed by atoms with Crippen LogP contribution in [-0.4, -0.2) is 18.3 Å². The van der Waals surface area contributed by atoms with E-state index in [1.165, 1.54) is 132 Å². The van der Waals surface area contributed by atoms with Gasteiger partial charge in [-0.1, -0.05) is 122 Å². The van der Waals surface area contributed by atoms with Crippen molar-refractivity contribution in [1.82, 2.24) is 0 Å². The van der Waals surface area contributed by atoms with Crippen molar-refractivity contribution in [2.45, 2.75) is 168 Å². The quantitative estimate of drug-likeness (QED) is 0.144. The first-order valence-corrected chi connectivity index (χ1v) is 15.3. The van der Waals surface area contributed by atoms with Gasteiger partial charge in [-0.25, -0.2) is 0 Å². The van der Waals surface area contributed by atoms with Crippen LogP contribution in [0.3, 0.4) is 0 Å². The van der Waals surface area contributed by atoms with Crippen molar-refractivity contribution in [2.75, 3.05) is 0 Å². The summed E-state index contributed by atoms with van der Waals surface area (Å²) in [6.07, 6.45) is 24.3. The van der Waals surface area contributed by atoms with Crippen LogP contribution in [0.1, 0.15) is 155 Å². The van der Waals surface area contributed by atoms with Gasteiger partial charge >= 0.3 is 7.12 Å². The van der Waals surface area contributed by atoms with Gasteiger partial charge in [-0.2, -0.15) is 0 Å². The molecule has 0 aromatic heterocycles. The molecule has 2 nitrogen and oxygen atoms in total. The standard InChI is InChI=1S/C32H57BO2/c1-7-9-11-13-15-17-19-21-23-28-25-29(24-22-20-18-16-14-12-10-8-2)27-30(26-28)33-34-31(3,4)32(5,6)35-33/h25-27H,7-24H2,1-6H3. The maximum Gasteiger partial charge on any atom is 0.494 e. The summed E-state index contributed by atoms with van der Waals surface area (Å²) in [6.45, 7) is 13.2. The van der Waals surface area contributed by atoms with Gasteiger partial charge in [0.15, 0.2) is 0 Å². The molecule has 1 heterocycles. The summed E-state index contributed by atoms with van der Waals surface area (Å²) in [5, 5.41) is 0. The lowest BCUT2D eigenvalue weighted by molar-refractivity contribution is 0.00578. The smallest absolute Gasteiger partial charge is 0.399 e. The van der Waals surface area contributed by atoms with Crippen molar-refractivity contribution in [1.29, 1.82) is 0 Å². The van der Waals surface area contributed by atoms with Crippen LogP contribution < -0.4 is 5.46 Å². The molecule has 200 valence electrons. The Morgan fingerprint density at radius 2 is 0.857 bits per heavy atom. The predicted octanol–water partition coefficient (Wildman–Crippen LogP) is 9.35. The van der Waals surface area contributed by atoms with Gasteiger partial charge in [0.1, 0.15) is 0 Å². The van der Waals surface area contributed by atoms with Gasteiger partial charge in [-0.05, 0) is 70.0 Å². The topological polar surface area (TPSA) is 18.5 Å². The molecule has 1 aromatic rings. The van der Waals surface area contributed by atoms with Crippen molar-refractivity contribution in [2.24, 2.45) is 0 Å². The average Bonchev–Trinajstić information content (AvgIpc) is 3.04. The molecule has 2 rings (SSSR count). The second-order valence-electron chi connectivity index (χ2n) is 12.1. The average molecular weight is 485 g/mol. The minimum Gasteiger partial charge on any atom is -0.399 e. The molecule has 1 aromatic carbocycles. The number of hydrogen-bond acceptors (Lipinski definition) is 2. The maximum atomic E-state index is 6.42. The highest BCUT2D eigenvalue weighted by molar-refractivity contribution is 6.62. The third kappa shape index (κ3) is 11.0. The van der Waals surface area contributed by atoms with E-state index in [1.807, 2.05) is 0 Å². The Morgan fingerprint density at radius 3 is 1.23 bits per heavy atom. The lowest BCUT2D eigenvalue weighted by Gasteiger charge is -2.32. The number of rotatable bonds is 19. The Balaban J connectivity index is 1.90. The van der Waals surface area contributed by atoms with E-state index in [2.05, 4.69) is 59.7 Å². The summed E-state index contributed by atoms with van der Waals surface area (Å²) in [6, 6.07) is 7.19. The maximum absolute atomic E-state index is 6.42. The Kier molecular flexibility index (Phi) is 14.0. The zero-order valence-electron chi connectivity index (χ0n) is 24.4. The van der Waals surface area contributed by atoms with E-state index in [0.717, 1.165) is 0 Å². The lowest BCUT2D eigenvalue weighted by atomic mass is 9.76. The zero-order valence-corrected chi connectivity index (χ0v) is 24.4. The lowest BCUT2D eigenvalue weighted by Crippen LogP contribution is -2.41. The molecule has 0 spiro atoms. The van der Waals surface area contributed by atoms with Crippen molar-refractivity contribution in [3.8, 4) is 0 Å². The number of hydrogen-bond donors (Lipinski definition) is 0. The fourth-order valence-electron chi connectivity index (χ4n) is 5.12. The van der Waals surface area contributed by atoms with Gasteiger partial charge < -0.3 is 9.31 Å².